The van der Waals surface area contributed by atoms with Gasteiger partial charge >= 0.3 is 6.18 Å². The average molecular weight is 406 g/mol. The summed E-state index contributed by atoms with van der Waals surface area (Å²) in [6.07, 6.45) is -3.49. The van der Waals surface area contributed by atoms with Gasteiger partial charge in [0.2, 0.25) is 5.96 Å². The lowest BCUT2D eigenvalue weighted by Crippen LogP contribution is -2.33. The minimum atomic E-state index is -5.05. The van der Waals surface area contributed by atoms with Crippen LogP contribution in [-0.4, -0.2) is 16.1 Å². The highest BCUT2D eigenvalue weighted by Crippen LogP contribution is 2.45. The number of rotatable bonds is 1. The summed E-state index contributed by atoms with van der Waals surface area (Å²) in [7, 11) is 0. The molecule has 0 fully saturated rings. The van der Waals surface area contributed by atoms with Gasteiger partial charge in [-0.2, -0.15) is 23.7 Å². The zero-order valence-electron chi connectivity index (χ0n) is 14.1. The monoisotopic (exact) mass is 406 g/mol. The van der Waals surface area contributed by atoms with E-state index in [0.29, 0.717) is 12.1 Å². The third-order valence-electron chi connectivity index (χ3n) is 4.07. The number of pyridine rings is 1. The van der Waals surface area contributed by atoms with Crippen molar-refractivity contribution in [3.8, 4) is 18.0 Å². The number of nitrogens with zero attached hydrogens (tertiary/aromatic N) is 4. The lowest BCUT2D eigenvalue weighted by Gasteiger charge is -2.27. The standard InChI is InChI=1S/C16H10F4N8O/c17-8-2-9(29)5(1-7(8)16(18,19)20)12-10-11(23)6(3-21)13(24)27-14(10)28-15(26-12)25-4-22/h1-2,12,29H,(H6,23,24,25,26,27,28). The number of anilines is 3. The van der Waals surface area contributed by atoms with Gasteiger partial charge in [0.25, 0.3) is 0 Å². The first kappa shape index (κ1) is 19.5. The molecule has 0 saturated carbocycles. The Kier molecular flexibility index (Phi) is 4.52. The highest BCUT2D eigenvalue weighted by Gasteiger charge is 2.38. The Morgan fingerprint density at radius 1 is 1.24 bits per heavy atom. The minimum Gasteiger partial charge on any atom is -0.507 e. The number of aliphatic imine (C=N–C) groups is 1. The number of aromatic hydroxyl groups is 1. The van der Waals surface area contributed by atoms with Crippen molar-refractivity contribution in [3.05, 3.63) is 40.2 Å². The molecule has 1 aliphatic rings. The van der Waals surface area contributed by atoms with Gasteiger partial charge in [-0.3, -0.25) is 5.32 Å². The highest BCUT2D eigenvalue weighted by atomic mass is 19.4. The molecule has 0 saturated heterocycles. The van der Waals surface area contributed by atoms with E-state index in [4.69, 9.17) is 16.7 Å². The number of alkyl halides is 3. The molecule has 1 atom stereocenters. The molecule has 0 aliphatic carbocycles. The van der Waals surface area contributed by atoms with E-state index in [2.05, 4.69) is 20.6 Å². The molecule has 1 aromatic heterocycles. The second-order valence-electron chi connectivity index (χ2n) is 5.79. The largest absolute Gasteiger partial charge is 0.507 e. The lowest BCUT2D eigenvalue weighted by atomic mass is 9.93. The van der Waals surface area contributed by atoms with Crippen LogP contribution in [0.25, 0.3) is 0 Å². The fourth-order valence-corrected chi connectivity index (χ4v) is 2.82. The molecule has 1 unspecified atom stereocenters. The van der Waals surface area contributed by atoms with E-state index in [1.165, 1.54) is 0 Å². The molecule has 1 aromatic carbocycles. The number of hydrogen-bond donors (Lipinski definition) is 5. The molecule has 13 heteroatoms. The third kappa shape index (κ3) is 3.25. The van der Waals surface area contributed by atoms with E-state index in [1.54, 1.807) is 12.3 Å². The van der Waals surface area contributed by atoms with Crippen molar-refractivity contribution >= 4 is 23.3 Å². The van der Waals surface area contributed by atoms with Crippen LogP contribution in [0.3, 0.4) is 0 Å². The van der Waals surface area contributed by atoms with Crippen LogP contribution in [0.5, 0.6) is 5.75 Å². The number of nitriles is 2. The maximum atomic E-state index is 13.8. The molecule has 2 aromatic rings. The predicted molar refractivity (Wildman–Crippen MR) is 92.5 cm³/mol. The molecule has 7 N–H and O–H groups in total. The van der Waals surface area contributed by atoms with E-state index >= 15 is 0 Å². The molecule has 29 heavy (non-hydrogen) atoms. The molecular formula is C16H10F4N8O. The number of hydrogen-bond acceptors (Lipinski definition) is 9. The Morgan fingerprint density at radius 3 is 2.52 bits per heavy atom. The lowest BCUT2D eigenvalue weighted by molar-refractivity contribution is -0.140. The van der Waals surface area contributed by atoms with Crippen LogP contribution in [0.15, 0.2) is 17.1 Å². The summed E-state index contributed by atoms with van der Waals surface area (Å²) in [6, 6.07) is 0.933. The minimum absolute atomic E-state index is 0.0747. The van der Waals surface area contributed by atoms with Gasteiger partial charge in [-0.15, -0.1) is 0 Å². The van der Waals surface area contributed by atoms with E-state index in [-0.39, 0.29) is 34.4 Å². The first-order valence-electron chi connectivity index (χ1n) is 7.67. The van der Waals surface area contributed by atoms with Gasteiger partial charge in [-0.1, -0.05) is 0 Å². The van der Waals surface area contributed by atoms with Crippen LogP contribution in [0, 0.1) is 28.6 Å². The van der Waals surface area contributed by atoms with Crippen LogP contribution >= 0.6 is 0 Å². The van der Waals surface area contributed by atoms with Crippen molar-refractivity contribution in [2.45, 2.75) is 12.2 Å². The van der Waals surface area contributed by atoms with Gasteiger partial charge in [0, 0.05) is 17.2 Å². The van der Waals surface area contributed by atoms with Gasteiger partial charge < -0.3 is 21.9 Å². The van der Waals surface area contributed by atoms with Crippen LogP contribution in [-0.2, 0) is 6.18 Å². The maximum Gasteiger partial charge on any atom is 0.419 e. The zero-order chi connectivity index (χ0) is 21.5. The summed E-state index contributed by atoms with van der Waals surface area (Å²) in [5, 5.41) is 32.9. The summed E-state index contributed by atoms with van der Waals surface area (Å²) in [5.74, 6) is -3.14. The second-order valence-corrected chi connectivity index (χ2v) is 5.79. The fraction of sp³-hybridized carbons (Fsp3) is 0.125. The Morgan fingerprint density at radius 2 is 1.93 bits per heavy atom. The van der Waals surface area contributed by atoms with Gasteiger partial charge in [0.05, 0.1) is 11.3 Å². The number of halogens is 4. The number of nitrogens with one attached hydrogen (secondary N) is 2. The summed E-state index contributed by atoms with van der Waals surface area (Å²) >= 11 is 0. The number of benzene rings is 1. The smallest absolute Gasteiger partial charge is 0.419 e. The number of aromatic nitrogens is 1. The van der Waals surface area contributed by atoms with Crippen molar-refractivity contribution in [1.29, 1.82) is 10.5 Å². The number of nitrogen functional groups attached to an aromatic ring is 2. The van der Waals surface area contributed by atoms with Crippen molar-refractivity contribution in [2.75, 3.05) is 16.8 Å². The third-order valence-corrected chi connectivity index (χ3v) is 4.07. The molecule has 1 aliphatic heterocycles. The van der Waals surface area contributed by atoms with Crippen LogP contribution in [0.4, 0.5) is 34.9 Å². The summed E-state index contributed by atoms with van der Waals surface area (Å²) in [4.78, 5) is 7.94. The Bertz CT molecular complexity index is 1130. The molecule has 0 bridgehead atoms. The quantitative estimate of drug-likeness (QED) is 0.272. The summed E-state index contributed by atoms with van der Waals surface area (Å²) < 4.78 is 53.2. The van der Waals surface area contributed by atoms with Gasteiger partial charge in [-0.05, 0) is 6.07 Å². The SMILES string of the molecule is N#CNC1=NC(c2cc(C(F)(F)F)c(F)cc2O)c2c(nc(N)c(C#N)c2N)N1. The summed E-state index contributed by atoms with van der Waals surface area (Å²) in [5.41, 5.74) is 8.93. The van der Waals surface area contributed by atoms with Crippen LogP contribution < -0.4 is 22.1 Å². The highest BCUT2D eigenvalue weighted by molar-refractivity contribution is 5.98. The molecular weight excluding hydrogens is 396 g/mol. The van der Waals surface area contributed by atoms with Crippen molar-refractivity contribution < 1.29 is 22.7 Å². The number of phenols is 1. The molecule has 2 heterocycles. The predicted octanol–water partition coefficient (Wildman–Crippen LogP) is 1.92. The first-order chi connectivity index (χ1) is 13.6. The van der Waals surface area contributed by atoms with Crippen LogP contribution in [0.1, 0.15) is 28.3 Å². The molecule has 0 radical (unpaired) electrons. The molecule has 9 nitrogen and oxygen atoms in total. The van der Waals surface area contributed by atoms with E-state index < -0.39 is 34.9 Å². The van der Waals surface area contributed by atoms with Crippen molar-refractivity contribution in [2.24, 2.45) is 4.99 Å². The van der Waals surface area contributed by atoms with E-state index in [0.717, 1.165) is 0 Å². The molecule has 0 spiro atoms. The van der Waals surface area contributed by atoms with Gasteiger partial charge in [-0.25, -0.2) is 14.4 Å². The van der Waals surface area contributed by atoms with Crippen molar-refractivity contribution in [1.82, 2.24) is 10.3 Å². The zero-order valence-corrected chi connectivity index (χ0v) is 14.1. The average Bonchev–Trinajstić information content (AvgIpc) is 2.60. The molecule has 0 amide bonds. The van der Waals surface area contributed by atoms with E-state index in [1.807, 2.05) is 0 Å². The van der Waals surface area contributed by atoms with Gasteiger partial charge in [0.15, 0.2) is 6.19 Å². The Balaban J connectivity index is 2.33. The number of fused-ring (bicyclic) bond motifs is 1. The number of guanidine groups is 1. The number of nitrogens with two attached hydrogens (primary N) is 2. The van der Waals surface area contributed by atoms with Crippen LogP contribution in [0.2, 0.25) is 0 Å². The topological polar surface area (TPSA) is 169 Å². The summed E-state index contributed by atoms with van der Waals surface area (Å²) in [6.45, 7) is 0. The van der Waals surface area contributed by atoms with E-state index in [9.17, 15) is 27.9 Å². The molecule has 3 rings (SSSR count). The normalized spacial score (nSPS) is 15.4. The Hall–Kier alpha value is -4.26. The molecule has 148 valence electrons. The Labute approximate surface area is 159 Å². The van der Waals surface area contributed by atoms with Crippen molar-refractivity contribution in [3.63, 3.8) is 0 Å². The first-order valence-corrected chi connectivity index (χ1v) is 7.67. The fourth-order valence-electron chi connectivity index (χ4n) is 2.82. The van der Waals surface area contributed by atoms with Gasteiger partial charge in [0.1, 0.15) is 40.9 Å². The maximum absolute atomic E-state index is 13.8. The number of phenolic OH excluding ortho intramolecular Hbond substituents is 1. The second kappa shape index (κ2) is 6.72.